The molecular weight excluding hydrogens is 324 g/mol. The molecule has 0 heterocycles. The molecule has 2 aromatic rings. The fourth-order valence-electron chi connectivity index (χ4n) is 1.77. The van der Waals surface area contributed by atoms with Gasteiger partial charge in [0.25, 0.3) is 0 Å². The summed E-state index contributed by atoms with van der Waals surface area (Å²) in [6.07, 6.45) is 2.79. The number of hydrogen-bond donors (Lipinski definition) is 0. The first-order valence-corrected chi connectivity index (χ1v) is 7.27. The number of hydrogen-bond acceptors (Lipinski definition) is 4. The van der Waals surface area contributed by atoms with Crippen LogP contribution in [-0.2, 0) is 0 Å². The molecule has 0 atom stereocenters. The number of carbonyl (C=O) groups is 1. The molecule has 0 fully saturated rings. The number of rotatable bonds is 4. The lowest BCUT2D eigenvalue weighted by Gasteiger charge is -2.05. The smallest absolute Gasteiger partial charge is 0.343 e. The minimum Gasteiger partial charge on any atom is -0.423 e. The van der Waals surface area contributed by atoms with E-state index in [9.17, 15) is 4.79 Å². The average molecular weight is 335 g/mol. The van der Waals surface area contributed by atoms with Gasteiger partial charge in [0.2, 0.25) is 0 Å². The second-order valence-electron chi connectivity index (χ2n) is 4.60. The van der Waals surface area contributed by atoms with Crippen LogP contribution in [0.25, 0.3) is 5.03 Å². The molecule has 0 aliphatic carbocycles. The van der Waals surface area contributed by atoms with E-state index in [2.05, 4.69) is 0 Å². The Bertz CT molecular complexity index is 854. The van der Waals surface area contributed by atoms with E-state index in [1.165, 1.54) is 12.2 Å². The molecule has 2 aromatic carbocycles. The number of halogens is 1. The molecule has 0 aromatic heterocycles. The Morgan fingerprint density at radius 2 is 1.50 bits per heavy atom. The average Bonchev–Trinajstić information content (AvgIpc) is 2.63. The van der Waals surface area contributed by atoms with Gasteiger partial charge in [-0.25, -0.2) is 4.79 Å². The van der Waals surface area contributed by atoms with Gasteiger partial charge >= 0.3 is 5.97 Å². The van der Waals surface area contributed by atoms with E-state index in [-0.39, 0.29) is 5.57 Å². The van der Waals surface area contributed by atoms with Gasteiger partial charge in [-0.1, -0.05) is 41.9 Å². The SMILES string of the molecule is N#CC(C#N)=CC=C(Cl)c1ccc(C(=O)Oc2ccccc2)cc1. The number of nitriles is 2. The first-order valence-electron chi connectivity index (χ1n) is 6.89. The number of carbonyl (C=O) groups excluding carboxylic acids is 1. The first-order chi connectivity index (χ1) is 11.6. The Labute approximate surface area is 144 Å². The van der Waals surface area contributed by atoms with E-state index in [0.29, 0.717) is 21.9 Å². The number of para-hydroxylation sites is 1. The molecule has 24 heavy (non-hydrogen) atoms. The second kappa shape index (κ2) is 8.33. The monoisotopic (exact) mass is 334 g/mol. The lowest BCUT2D eigenvalue weighted by molar-refractivity contribution is 0.0735. The Hall–Kier alpha value is -3.34. The quantitative estimate of drug-likeness (QED) is 0.358. The molecule has 0 saturated heterocycles. The zero-order valence-corrected chi connectivity index (χ0v) is 13.2. The van der Waals surface area contributed by atoms with Crippen molar-refractivity contribution in [3.63, 3.8) is 0 Å². The molecule has 0 amide bonds. The molecule has 5 heteroatoms. The van der Waals surface area contributed by atoms with E-state index in [0.717, 1.165) is 0 Å². The van der Waals surface area contributed by atoms with E-state index in [1.54, 1.807) is 60.7 Å². The van der Waals surface area contributed by atoms with Gasteiger partial charge in [0.15, 0.2) is 0 Å². The van der Waals surface area contributed by atoms with Crippen LogP contribution in [0.1, 0.15) is 15.9 Å². The van der Waals surface area contributed by atoms with Crippen LogP contribution in [0.3, 0.4) is 0 Å². The lowest BCUT2D eigenvalue weighted by atomic mass is 10.1. The van der Waals surface area contributed by atoms with Gasteiger partial charge < -0.3 is 4.74 Å². The van der Waals surface area contributed by atoms with Crippen LogP contribution in [0, 0.1) is 22.7 Å². The molecule has 0 radical (unpaired) electrons. The highest BCUT2D eigenvalue weighted by Crippen LogP contribution is 2.20. The highest BCUT2D eigenvalue weighted by Gasteiger charge is 2.08. The maximum atomic E-state index is 12.0. The van der Waals surface area contributed by atoms with Crippen molar-refractivity contribution >= 4 is 22.6 Å². The molecule has 0 unspecified atom stereocenters. The zero-order valence-electron chi connectivity index (χ0n) is 12.4. The van der Waals surface area contributed by atoms with Crippen LogP contribution >= 0.6 is 11.6 Å². The van der Waals surface area contributed by atoms with Crippen LogP contribution in [0.15, 0.2) is 72.3 Å². The summed E-state index contributed by atoms with van der Waals surface area (Å²) in [5, 5.41) is 17.7. The first kappa shape index (κ1) is 17.0. The lowest BCUT2D eigenvalue weighted by Crippen LogP contribution is -2.08. The van der Waals surface area contributed by atoms with E-state index in [1.807, 2.05) is 6.07 Å². The Morgan fingerprint density at radius 1 is 0.917 bits per heavy atom. The molecule has 2 rings (SSSR count). The number of allylic oxidation sites excluding steroid dienone is 3. The standard InChI is InChI=1S/C19H11ClN2O2/c20-18(11-6-14(12-21)13-22)15-7-9-16(10-8-15)19(23)24-17-4-2-1-3-5-17/h1-11H. The van der Waals surface area contributed by atoms with Gasteiger partial charge in [0.05, 0.1) is 5.56 Å². The highest BCUT2D eigenvalue weighted by molar-refractivity contribution is 6.48. The molecule has 116 valence electrons. The fraction of sp³-hybridized carbons (Fsp3) is 0. The second-order valence-corrected chi connectivity index (χ2v) is 5.01. The van der Waals surface area contributed by atoms with Crippen molar-refractivity contribution in [1.29, 1.82) is 10.5 Å². The topological polar surface area (TPSA) is 73.9 Å². The largest absolute Gasteiger partial charge is 0.423 e. The molecule has 0 bridgehead atoms. The van der Waals surface area contributed by atoms with E-state index < -0.39 is 5.97 Å². The summed E-state index contributed by atoms with van der Waals surface area (Å²) >= 11 is 6.11. The van der Waals surface area contributed by atoms with Crippen molar-refractivity contribution in [2.24, 2.45) is 0 Å². The van der Waals surface area contributed by atoms with Crippen molar-refractivity contribution in [2.45, 2.75) is 0 Å². The van der Waals surface area contributed by atoms with E-state index in [4.69, 9.17) is 26.9 Å². The minimum atomic E-state index is -0.469. The third-order valence-electron chi connectivity index (χ3n) is 2.99. The van der Waals surface area contributed by atoms with Crippen LogP contribution in [-0.4, -0.2) is 5.97 Å². The Balaban J connectivity index is 2.12. The van der Waals surface area contributed by atoms with Gasteiger partial charge in [0, 0.05) is 5.03 Å². The fourth-order valence-corrected chi connectivity index (χ4v) is 1.96. The van der Waals surface area contributed by atoms with Crippen molar-refractivity contribution in [3.05, 3.63) is 83.4 Å². The third-order valence-corrected chi connectivity index (χ3v) is 3.33. The summed E-state index contributed by atoms with van der Waals surface area (Å²) in [6.45, 7) is 0. The van der Waals surface area contributed by atoms with Crippen molar-refractivity contribution < 1.29 is 9.53 Å². The molecule has 0 aliphatic rings. The number of esters is 1. The number of ether oxygens (including phenoxy) is 1. The van der Waals surface area contributed by atoms with Gasteiger partial charge in [-0.15, -0.1) is 0 Å². The minimum absolute atomic E-state index is 0.0452. The van der Waals surface area contributed by atoms with Gasteiger partial charge in [0.1, 0.15) is 23.5 Å². The van der Waals surface area contributed by atoms with Crippen LogP contribution in [0.2, 0.25) is 0 Å². The summed E-state index contributed by atoms with van der Waals surface area (Å²) < 4.78 is 5.24. The van der Waals surface area contributed by atoms with Gasteiger partial charge in [-0.2, -0.15) is 10.5 Å². The molecular formula is C19H11ClN2O2. The van der Waals surface area contributed by atoms with Gasteiger partial charge in [-0.05, 0) is 42.0 Å². The summed E-state index contributed by atoms with van der Waals surface area (Å²) in [5.74, 6) is -0.000765. The molecule has 4 nitrogen and oxygen atoms in total. The Kier molecular flexibility index (Phi) is 5.91. The number of nitrogens with zero attached hydrogens (tertiary/aromatic N) is 2. The van der Waals surface area contributed by atoms with Gasteiger partial charge in [-0.3, -0.25) is 0 Å². The predicted octanol–water partition coefficient (Wildman–Crippen LogP) is 4.46. The molecule has 0 N–H and O–H groups in total. The van der Waals surface area contributed by atoms with Crippen molar-refractivity contribution in [3.8, 4) is 17.9 Å². The highest BCUT2D eigenvalue weighted by atomic mass is 35.5. The summed E-state index contributed by atoms with van der Waals surface area (Å²) in [4.78, 5) is 12.0. The van der Waals surface area contributed by atoms with Crippen LogP contribution < -0.4 is 4.74 Å². The van der Waals surface area contributed by atoms with E-state index >= 15 is 0 Å². The third kappa shape index (κ3) is 4.58. The Morgan fingerprint density at radius 3 is 2.08 bits per heavy atom. The van der Waals surface area contributed by atoms with Crippen LogP contribution in [0.4, 0.5) is 0 Å². The molecule has 0 spiro atoms. The number of benzene rings is 2. The zero-order chi connectivity index (χ0) is 17.4. The molecule has 0 aliphatic heterocycles. The maximum Gasteiger partial charge on any atom is 0.343 e. The summed E-state index contributed by atoms with van der Waals surface area (Å²) in [7, 11) is 0. The van der Waals surface area contributed by atoms with Crippen molar-refractivity contribution in [2.75, 3.05) is 0 Å². The summed E-state index contributed by atoms with van der Waals surface area (Å²) in [6, 6.07) is 18.8. The van der Waals surface area contributed by atoms with Crippen molar-refractivity contribution in [1.82, 2.24) is 0 Å². The summed E-state index contributed by atoms with van der Waals surface area (Å²) in [5.41, 5.74) is 0.993. The normalized spacial score (nSPS) is 10.2. The molecule has 0 saturated carbocycles. The maximum absolute atomic E-state index is 12.0. The predicted molar refractivity (Wildman–Crippen MR) is 91.0 cm³/mol. The van der Waals surface area contributed by atoms with Crippen LogP contribution in [0.5, 0.6) is 5.75 Å².